The van der Waals surface area contributed by atoms with Gasteiger partial charge in [0, 0.05) is 19.2 Å². The molecule has 0 amide bonds. The van der Waals surface area contributed by atoms with E-state index in [0.717, 1.165) is 48.3 Å². The molecule has 5 nitrogen and oxygen atoms in total. The maximum atomic E-state index is 6.06. The van der Waals surface area contributed by atoms with Crippen LogP contribution >= 0.6 is 46.4 Å². The third-order valence-corrected chi connectivity index (χ3v) is 4.84. The van der Waals surface area contributed by atoms with Crippen LogP contribution in [0.5, 0.6) is 11.5 Å². The van der Waals surface area contributed by atoms with Crippen LogP contribution in [0.3, 0.4) is 0 Å². The van der Waals surface area contributed by atoms with E-state index in [0.29, 0.717) is 32.8 Å². The normalized spacial score (nSPS) is 10.8. The molecular formula is C23H31Cl4NO4. The summed E-state index contributed by atoms with van der Waals surface area (Å²) in [5.74, 6) is 1.72. The molecule has 0 saturated carbocycles. The van der Waals surface area contributed by atoms with E-state index >= 15 is 0 Å². The smallest absolute Gasteiger partial charge is 0.138 e. The molecule has 0 bridgehead atoms. The third-order valence-electron chi connectivity index (χ3n) is 4.23. The van der Waals surface area contributed by atoms with E-state index in [2.05, 4.69) is 12.1 Å². The molecule has 1 rings (SSSR count). The largest absolute Gasteiger partial charge is 0.493 e. The first-order valence-corrected chi connectivity index (χ1v) is 12.1. The second-order valence-electron chi connectivity index (χ2n) is 6.77. The number of hydrogen-bond acceptors (Lipinski definition) is 5. The van der Waals surface area contributed by atoms with E-state index in [-0.39, 0.29) is 15.6 Å². The Morgan fingerprint density at radius 1 is 0.906 bits per heavy atom. The maximum Gasteiger partial charge on any atom is 0.138 e. The highest BCUT2D eigenvalue weighted by atomic mass is 35.5. The summed E-state index contributed by atoms with van der Waals surface area (Å²) in [6, 6.07) is 3.97. The molecule has 0 heterocycles. The summed E-state index contributed by atoms with van der Waals surface area (Å²) in [5, 5.41) is 3.77. The van der Waals surface area contributed by atoms with E-state index < -0.39 is 0 Å². The molecule has 180 valence electrons. The molecular weight excluding hydrogens is 496 g/mol. The van der Waals surface area contributed by atoms with Gasteiger partial charge in [-0.05, 0) is 68.0 Å². The lowest BCUT2D eigenvalue weighted by Gasteiger charge is -2.15. The number of benzene rings is 1. The molecule has 0 unspecified atom stereocenters. The summed E-state index contributed by atoms with van der Waals surface area (Å²) in [7, 11) is 0. The number of aryl methyl sites for hydroxylation is 2. The molecule has 0 N–H and O–H groups in total. The first-order valence-electron chi connectivity index (χ1n) is 10.6. The van der Waals surface area contributed by atoms with Crippen LogP contribution in [0, 0.1) is 6.92 Å². The van der Waals surface area contributed by atoms with Gasteiger partial charge in [-0.3, -0.25) is 0 Å². The van der Waals surface area contributed by atoms with Crippen LogP contribution in [0.15, 0.2) is 38.4 Å². The van der Waals surface area contributed by atoms with E-state index in [1.165, 1.54) is 6.08 Å². The van der Waals surface area contributed by atoms with Gasteiger partial charge in [-0.25, -0.2) is 0 Å². The summed E-state index contributed by atoms with van der Waals surface area (Å²) >= 11 is 22.1. The van der Waals surface area contributed by atoms with Gasteiger partial charge in [0.2, 0.25) is 0 Å². The minimum Gasteiger partial charge on any atom is -0.493 e. The summed E-state index contributed by atoms with van der Waals surface area (Å²) in [6.07, 6.45) is 9.34. The fourth-order valence-electron chi connectivity index (χ4n) is 2.71. The Balaban J connectivity index is 2.19. The monoisotopic (exact) mass is 525 g/mol. The van der Waals surface area contributed by atoms with E-state index in [1.807, 2.05) is 19.1 Å². The third kappa shape index (κ3) is 14.1. The molecule has 0 radical (unpaired) electrons. The maximum absolute atomic E-state index is 6.06. The molecule has 0 fully saturated rings. The van der Waals surface area contributed by atoms with Gasteiger partial charge in [-0.1, -0.05) is 58.5 Å². The van der Waals surface area contributed by atoms with Crippen molar-refractivity contribution in [3.63, 3.8) is 0 Å². The highest BCUT2D eigenvalue weighted by Crippen LogP contribution is 2.30. The summed E-state index contributed by atoms with van der Waals surface area (Å²) in [6.45, 7) is 6.69. The number of rotatable bonds is 17. The van der Waals surface area contributed by atoms with Crippen molar-refractivity contribution in [3.8, 4) is 11.5 Å². The minimum atomic E-state index is 0.167. The lowest BCUT2D eigenvalue weighted by molar-refractivity contribution is 0.134. The van der Waals surface area contributed by atoms with Crippen LogP contribution in [0.4, 0.5) is 0 Å². The predicted octanol–water partition coefficient (Wildman–Crippen LogP) is 7.53. The molecule has 0 aliphatic rings. The molecule has 32 heavy (non-hydrogen) atoms. The Labute approximate surface area is 211 Å². The predicted molar refractivity (Wildman–Crippen MR) is 135 cm³/mol. The summed E-state index contributed by atoms with van der Waals surface area (Å²) < 4.78 is 17.7. The number of nitrogens with zero attached hydrogens (tertiary/aromatic N) is 1. The molecule has 0 aliphatic carbocycles. The van der Waals surface area contributed by atoms with Gasteiger partial charge in [0.15, 0.2) is 0 Å². The Bertz CT molecular complexity index is 746. The summed E-state index contributed by atoms with van der Waals surface area (Å²) in [5.41, 5.74) is 2.17. The molecule has 1 aromatic rings. The SMILES string of the molecule is CCc1cc(OCC=C(Cl)Cl)cc(C)c1OCCCCCOCCC=NOCC=C(Cl)Cl. The quantitative estimate of drug-likeness (QED) is 0.119. The highest BCUT2D eigenvalue weighted by molar-refractivity contribution is 6.56. The number of oxime groups is 1. The number of hydrogen-bond donors (Lipinski definition) is 0. The second kappa shape index (κ2) is 18.3. The molecule has 0 atom stereocenters. The van der Waals surface area contributed by atoms with Crippen LogP contribution < -0.4 is 9.47 Å². The van der Waals surface area contributed by atoms with E-state index in [4.69, 9.17) is 65.5 Å². The van der Waals surface area contributed by atoms with Crippen LogP contribution in [0.2, 0.25) is 0 Å². The Kier molecular flexibility index (Phi) is 16.6. The van der Waals surface area contributed by atoms with Crippen molar-refractivity contribution in [2.24, 2.45) is 5.16 Å². The lowest BCUT2D eigenvalue weighted by atomic mass is 10.1. The first-order chi connectivity index (χ1) is 15.4. The molecule has 9 heteroatoms. The van der Waals surface area contributed by atoms with Gasteiger partial charge in [-0.15, -0.1) is 0 Å². The number of unbranched alkanes of at least 4 members (excludes halogenated alkanes) is 2. The Morgan fingerprint density at radius 2 is 1.62 bits per heavy atom. The van der Waals surface area contributed by atoms with Crippen molar-refractivity contribution in [2.45, 2.75) is 46.0 Å². The second-order valence-corrected chi connectivity index (χ2v) is 8.79. The molecule has 1 aromatic carbocycles. The molecule has 0 spiro atoms. The van der Waals surface area contributed by atoms with Crippen LogP contribution in [-0.2, 0) is 16.0 Å². The van der Waals surface area contributed by atoms with Gasteiger partial charge >= 0.3 is 0 Å². The first kappa shape index (κ1) is 28.9. The van der Waals surface area contributed by atoms with Gasteiger partial charge in [-0.2, -0.15) is 0 Å². The zero-order chi connectivity index (χ0) is 23.6. The molecule has 0 saturated heterocycles. The fraction of sp³-hybridized carbons (Fsp3) is 0.522. The van der Waals surface area contributed by atoms with Crippen molar-refractivity contribution in [1.82, 2.24) is 0 Å². The van der Waals surface area contributed by atoms with Gasteiger partial charge in [0.05, 0.1) is 13.2 Å². The van der Waals surface area contributed by atoms with Crippen molar-refractivity contribution < 1.29 is 19.0 Å². The zero-order valence-electron chi connectivity index (χ0n) is 18.5. The molecule has 0 aromatic heterocycles. The van der Waals surface area contributed by atoms with Crippen molar-refractivity contribution >= 4 is 52.6 Å². The lowest BCUT2D eigenvalue weighted by Crippen LogP contribution is -2.04. The van der Waals surface area contributed by atoms with Gasteiger partial charge in [0.25, 0.3) is 0 Å². The standard InChI is InChI=1S/C23H31Cl4NO4/c1-3-19-17-20(30-14-8-21(24)25)16-18(2)23(19)31-13-6-4-5-11-29-12-7-10-28-32-15-9-22(26)27/h8-10,16-17H,3-7,11-15H2,1-2H3. The van der Waals surface area contributed by atoms with E-state index in [1.54, 1.807) is 12.3 Å². The Hall–Kier alpha value is -1.11. The van der Waals surface area contributed by atoms with E-state index in [9.17, 15) is 0 Å². The van der Waals surface area contributed by atoms with Crippen molar-refractivity contribution in [1.29, 1.82) is 0 Å². The van der Waals surface area contributed by atoms with Gasteiger partial charge < -0.3 is 19.0 Å². The van der Waals surface area contributed by atoms with Crippen LogP contribution in [-0.4, -0.2) is 39.2 Å². The van der Waals surface area contributed by atoms with Crippen molar-refractivity contribution in [3.05, 3.63) is 44.4 Å². The topological polar surface area (TPSA) is 49.3 Å². The average Bonchev–Trinajstić information content (AvgIpc) is 2.74. The number of ether oxygens (including phenoxy) is 3. The minimum absolute atomic E-state index is 0.167. The molecule has 0 aliphatic heterocycles. The van der Waals surface area contributed by atoms with Crippen LogP contribution in [0.25, 0.3) is 0 Å². The summed E-state index contributed by atoms with van der Waals surface area (Å²) in [4.78, 5) is 4.95. The fourth-order valence-corrected chi connectivity index (χ4v) is 2.96. The highest BCUT2D eigenvalue weighted by Gasteiger charge is 2.09. The average molecular weight is 527 g/mol. The zero-order valence-corrected chi connectivity index (χ0v) is 21.6. The van der Waals surface area contributed by atoms with Crippen molar-refractivity contribution in [2.75, 3.05) is 33.0 Å². The van der Waals surface area contributed by atoms with Crippen LogP contribution in [0.1, 0.15) is 43.7 Å². The Morgan fingerprint density at radius 3 is 2.34 bits per heavy atom. The number of halogens is 4. The van der Waals surface area contributed by atoms with Gasteiger partial charge in [0.1, 0.15) is 33.7 Å².